The van der Waals surface area contributed by atoms with Gasteiger partial charge in [-0.1, -0.05) is 23.2 Å². The Bertz CT molecular complexity index is 733. The van der Waals surface area contributed by atoms with Gasteiger partial charge >= 0.3 is 0 Å². The standard InChI is InChI=1S/C13H10Cl2INO2S/c1-17(11-5-3-10(16)4-6-11)20(18,19)13-8-9(14)2-7-12(13)15/h2-8H,1H3. The van der Waals surface area contributed by atoms with Gasteiger partial charge in [-0.15, -0.1) is 0 Å². The fourth-order valence-electron chi connectivity index (χ4n) is 1.61. The number of rotatable bonds is 3. The fourth-order valence-corrected chi connectivity index (χ4v) is 3.90. The first kappa shape index (κ1) is 15.9. The molecule has 0 unspecified atom stereocenters. The highest BCUT2D eigenvalue weighted by molar-refractivity contribution is 14.1. The predicted octanol–water partition coefficient (Wildman–Crippen LogP) is 4.42. The van der Waals surface area contributed by atoms with E-state index < -0.39 is 10.0 Å². The molecule has 3 nitrogen and oxygen atoms in total. The third-order valence-corrected chi connectivity index (χ3v) is 5.94. The minimum absolute atomic E-state index is 0.00674. The van der Waals surface area contributed by atoms with Crippen molar-refractivity contribution in [1.29, 1.82) is 0 Å². The van der Waals surface area contributed by atoms with Crippen LogP contribution < -0.4 is 4.31 Å². The largest absolute Gasteiger partial charge is 0.269 e. The van der Waals surface area contributed by atoms with Gasteiger partial charge in [-0.25, -0.2) is 8.42 Å². The highest BCUT2D eigenvalue weighted by Gasteiger charge is 2.24. The Labute approximate surface area is 141 Å². The summed E-state index contributed by atoms with van der Waals surface area (Å²) in [7, 11) is -2.26. The second-order valence-electron chi connectivity index (χ2n) is 4.02. The van der Waals surface area contributed by atoms with Crippen LogP contribution in [0.15, 0.2) is 47.4 Å². The summed E-state index contributed by atoms with van der Waals surface area (Å²) in [5, 5.41) is 0.468. The molecule has 106 valence electrons. The number of anilines is 1. The molecule has 2 aromatic carbocycles. The minimum Gasteiger partial charge on any atom is -0.269 e. The average molecular weight is 442 g/mol. The van der Waals surface area contributed by atoms with Gasteiger partial charge in [0, 0.05) is 15.6 Å². The first-order valence-electron chi connectivity index (χ1n) is 5.52. The van der Waals surface area contributed by atoms with Crippen molar-refractivity contribution >= 4 is 61.5 Å². The van der Waals surface area contributed by atoms with Crippen LogP contribution in [0.25, 0.3) is 0 Å². The topological polar surface area (TPSA) is 37.4 Å². The van der Waals surface area contributed by atoms with Crippen LogP contribution in [0.4, 0.5) is 5.69 Å². The Hall–Kier alpha value is -0.500. The molecular weight excluding hydrogens is 432 g/mol. The van der Waals surface area contributed by atoms with Crippen molar-refractivity contribution in [2.24, 2.45) is 0 Å². The van der Waals surface area contributed by atoms with Crippen LogP contribution in [-0.2, 0) is 10.0 Å². The Morgan fingerprint density at radius 1 is 1.05 bits per heavy atom. The number of nitrogens with zero attached hydrogens (tertiary/aromatic N) is 1. The van der Waals surface area contributed by atoms with Gasteiger partial charge in [0.25, 0.3) is 10.0 Å². The maximum atomic E-state index is 12.6. The van der Waals surface area contributed by atoms with E-state index >= 15 is 0 Å². The summed E-state index contributed by atoms with van der Waals surface area (Å²) in [6.45, 7) is 0. The van der Waals surface area contributed by atoms with Crippen molar-refractivity contribution < 1.29 is 8.42 Å². The Balaban J connectivity index is 2.49. The smallest absolute Gasteiger partial charge is 0.265 e. The first-order chi connectivity index (χ1) is 9.32. The Kier molecular flexibility index (Phi) is 4.84. The van der Waals surface area contributed by atoms with E-state index in [1.807, 2.05) is 12.1 Å². The van der Waals surface area contributed by atoms with Crippen molar-refractivity contribution in [1.82, 2.24) is 0 Å². The molecule has 0 radical (unpaired) electrons. The van der Waals surface area contributed by atoms with Crippen molar-refractivity contribution in [2.45, 2.75) is 4.90 Å². The molecular formula is C13H10Cl2INO2S. The quantitative estimate of drug-likeness (QED) is 0.661. The third-order valence-electron chi connectivity index (χ3n) is 2.72. The molecule has 0 aliphatic carbocycles. The van der Waals surface area contributed by atoms with Crippen LogP contribution in [0.2, 0.25) is 10.0 Å². The molecule has 7 heteroatoms. The third kappa shape index (κ3) is 3.21. The van der Waals surface area contributed by atoms with Crippen LogP contribution in [0.5, 0.6) is 0 Å². The molecule has 0 spiro atoms. The van der Waals surface area contributed by atoms with E-state index in [1.165, 1.54) is 23.5 Å². The lowest BCUT2D eigenvalue weighted by Crippen LogP contribution is -2.26. The molecule has 0 aromatic heterocycles. The molecule has 0 bridgehead atoms. The van der Waals surface area contributed by atoms with Gasteiger partial charge < -0.3 is 0 Å². The molecule has 2 aromatic rings. The maximum Gasteiger partial charge on any atom is 0.265 e. The normalized spacial score (nSPS) is 11.4. The van der Waals surface area contributed by atoms with Crippen LogP contribution in [-0.4, -0.2) is 15.5 Å². The van der Waals surface area contributed by atoms with Crippen molar-refractivity contribution in [3.05, 3.63) is 56.1 Å². The summed E-state index contributed by atoms with van der Waals surface area (Å²) in [4.78, 5) is -0.00674. The number of hydrogen-bond donors (Lipinski definition) is 0. The van der Waals surface area contributed by atoms with Crippen molar-refractivity contribution in [3.8, 4) is 0 Å². The number of benzene rings is 2. The Morgan fingerprint density at radius 3 is 2.25 bits per heavy atom. The van der Waals surface area contributed by atoms with Crippen LogP contribution in [0.3, 0.4) is 0 Å². The van der Waals surface area contributed by atoms with Gasteiger partial charge in [-0.05, 0) is 65.1 Å². The van der Waals surface area contributed by atoms with Gasteiger partial charge in [-0.3, -0.25) is 4.31 Å². The zero-order valence-electron chi connectivity index (χ0n) is 10.3. The molecule has 20 heavy (non-hydrogen) atoms. The first-order valence-corrected chi connectivity index (χ1v) is 8.79. The van der Waals surface area contributed by atoms with E-state index in [4.69, 9.17) is 23.2 Å². The molecule has 0 N–H and O–H groups in total. The number of sulfonamides is 1. The number of halogens is 3. The number of hydrogen-bond acceptors (Lipinski definition) is 2. The molecule has 0 aliphatic rings. The van der Waals surface area contributed by atoms with Crippen molar-refractivity contribution in [2.75, 3.05) is 11.4 Å². The summed E-state index contributed by atoms with van der Waals surface area (Å²) in [6, 6.07) is 11.5. The highest BCUT2D eigenvalue weighted by Crippen LogP contribution is 2.29. The highest BCUT2D eigenvalue weighted by atomic mass is 127. The van der Waals surface area contributed by atoms with Gasteiger partial charge in [0.2, 0.25) is 0 Å². The van der Waals surface area contributed by atoms with E-state index in [-0.39, 0.29) is 9.92 Å². The van der Waals surface area contributed by atoms with E-state index in [2.05, 4.69) is 22.6 Å². The van der Waals surface area contributed by atoms with Crippen molar-refractivity contribution in [3.63, 3.8) is 0 Å². The van der Waals surface area contributed by atoms with Gasteiger partial charge in [0.15, 0.2) is 0 Å². The van der Waals surface area contributed by atoms with E-state index in [9.17, 15) is 8.42 Å². The van der Waals surface area contributed by atoms with Gasteiger partial charge in [-0.2, -0.15) is 0 Å². The van der Waals surface area contributed by atoms with Crippen LogP contribution in [0, 0.1) is 3.57 Å². The molecule has 0 saturated carbocycles. The second-order valence-corrected chi connectivity index (χ2v) is 8.05. The van der Waals surface area contributed by atoms with Gasteiger partial charge in [0.1, 0.15) is 4.90 Å². The second kappa shape index (κ2) is 6.09. The summed E-state index contributed by atoms with van der Waals surface area (Å²) in [6.07, 6.45) is 0. The Morgan fingerprint density at radius 2 is 1.65 bits per heavy atom. The molecule has 0 fully saturated rings. The zero-order valence-corrected chi connectivity index (χ0v) is 14.8. The summed E-state index contributed by atoms with van der Waals surface area (Å²) in [5.41, 5.74) is 0.557. The molecule has 0 heterocycles. The van der Waals surface area contributed by atoms with Crippen LogP contribution in [0.1, 0.15) is 0 Å². The van der Waals surface area contributed by atoms with Crippen LogP contribution >= 0.6 is 45.8 Å². The summed E-state index contributed by atoms with van der Waals surface area (Å²) < 4.78 is 27.4. The summed E-state index contributed by atoms with van der Waals surface area (Å²) >= 11 is 14.0. The lowest BCUT2D eigenvalue weighted by molar-refractivity contribution is 0.594. The molecule has 0 atom stereocenters. The molecule has 0 saturated heterocycles. The van der Waals surface area contributed by atoms with Gasteiger partial charge in [0.05, 0.1) is 10.7 Å². The lowest BCUT2D eigenvalue weighted by atomic mass is 10.3. The fraction of sp³-hybridized carbons (Fsp3) is 0.0769. The molecule has 0 aliphatic heterocycles. The molecule has 0 amide bonds. The zero-order chi connectivity index (χ0) is 14.9. The lowest BCUT2D eigenvalue weighted by Gasteiger charge is -2.20. The molecule has 2 rings (SSSR count). The maximum absolute atomic E-state index is 12.6. The predicted molar refractivity (Wildman–Crippen MR) is 91.2 cm³/mol. The monoisotopic (exact) mass is 441 g/mol. The SMILES string of the molecule is CN(c1ccc(I)cc1)S(=O)(=O)c1cc(Cl)ccc1Cl. The summed E-state index contributed by atoms with van der Waals surface area (Å²) in [5.74, 6) is 0. The average Bonchev–Trinajstić information content (AvgIpc) is 2.41. The minimum atomic E-state index is -3.74. The van der Waals surface area contributed by atoms with E-state index in [0.29, 0.717) is 10.7 Å². The van der Waals surface area contributed by atoms with E-state index in [0.717, 1.165) is 3.57 Å². The van der Waals surface area contributed by atoms with E-state index in [1.54, 1.807) is 18.2 Å².